The van der Waals surface area contributed by atoms with Crippen molar-refractivity contribution in [2.75, 3.05) is 26.7 Å². The van der Waals surface area contributed by atoms with Gasteiger partial charge in [-0.05, 0) is 51.2 Å². The van der Waals surface area contributed by atoms with Crippen molar-refractivity contribution in [1.82, 2.24) is 14.2 Å². The molecule has 0 aliphatic carbocycles. The number of sulfonamides is 1. The van der Waals surface area contributed by atoms with E-state index >= 15 is 0 Å². The molecule has 0 bridgehead atoms. The van der Waals surface area contributed by atoms with Crippen LogP contribution in [0.4, 0.5) is 0 Å². The maximum atomic E-state index is 13.5. The average molecular weight is 488 g/mol. The fourth-order valence-corrected chi connectivity index (χ4v) is 5.67. The first-order valence-corrected chi connectivity index (χ1v) is 12.8. The lowest BCUT2D eigenvalue weighted by atomic mass is 10.0. The summed E-state index contributed by atoms with van der Waals surface area (Å²) in [5, 5.41) is 19.3. The van der Waals surface area contributed by atoms with Gasteiger partial charge >= 0.3 is 0 Å². The molecule has 0 fully saturated rings. The van der Waals surface area contributed by atoms with Crippen molar-refractivity contribution < 1.29 is 23.4 Å². The number of rotatable bonds is 6. The summed E-state index contributed by atoms with van der Waals surface area (Å²) in [6, 6.07) is 9.88. The van der Waals surface area contributed by atoms with E-state index in [2.05, 4.69) is 21.7 Å². The van der Waals surface area contributed by atoms with Gasteiger partial charge in [0.25, 0.3) is 0 Å². The van der Waals surface area contributed by atoms with Gasteiger partial charge in [0.05, 0.1) is 12.3 Å². The molecule has 1 aromatic carbocycles. The van der Waals surface area contributed by atoms with Gasteiger partial charge in [-0.25, -0.2) is 8.42 Å². The molecule has 1 aliphatic rings. The Bertz CT molecular complexity index is 1130. The first-order chi connectivity index (χ1) is 16.1. The molecular weight excluding hydrogens is 454 g/mol. The van der Waals surface area contributed by atoms with Crippen molar-refractivity contribution in [2.24, 2.45) is 5.92 Å². The molecule has 0 saturated carbocycles. The van der Waals surface area contributed by atoms with E-state index in [1.165, 1.54) is 10.4 Å². The molecule has 4 atom stereocenters. The van der Waals surface area contributed by atoms with Gasteiger partial charge < -0.3 is 14.9 Å². The highest BCUT2D eigenvalue weighted by Crippen LogP contribution is 2.34. The number of aromatic nitrogens is 1. The second kappa shape index (κ2) is 11.3. The zero-order chi connectivity index (χ0) is 24.9. The van der Waals surface area contributed by atoms with Gasteiger partial charge in [-0.3, -0.25) is 9.88 Å². The fraction of sp³-hybridized carbons (Fsp3) is 0.480. The average Bonchev–Trinajstić information content (AvgIpc) is 2.80. The number of hydrogen-bond donors (Lipinski definition) is 2. The summed E-state index contributed by atoms with van der Waals surface area (Å²) in [6.07, 6.45) is 0.625. The van der Waals surface area contributed by atoms with E-state index in [0.29, 0.717) is 18.7 Å². The third-order valence-corrected chi connectivity index (χ3v) is 7.76. The number of aliphatic hydroxyl groups is 2. The van der Waals surface area contributed by atoms with E-state index in [1.807, 2.05) is 32.2 Å². The molecule has 3 rings (SSSR count). The number of fused-ring (bicyclic) bond motifs is 1. The van der Waals surface area contributed by atoms with Gasteiger partial charge in [-0.15, -0.1) is 0 Å². The maximum absolute atomic E-state index is 13.5. The van der Waals surface area contributed by atoms with E-state index in [9.17, 15) is 18.6 Å². The fourth-order valence-electron chi connectivity index (χ4n) is 3.85. The molecule has 34 heavy (non-hydrogen) atoms. The van der Waals surface area contributed by atoms with Crippen LogP contribution in [0.25, 0.3) is 0 Å². The molecule has 0 radical (unpaired) electrons. The Hall–Kier alpha value is -2.48. The second-order valence-corrected chi connectivity index (χ2v) is 10.7. The third kappa shape index (κ3) is 6.34. The summed E-state index contributed by atoms with van der Waals surface area (Å²) < 4.78 is 34.7. The van der Waals surface area contributed by atoms with E-state index in [0.717, 1.165) is 5.69 Å². The molecule has 2 heterocycles. The number of benzene rings is 1. The molecule has 184 valence electrons. The van der Waals surface area contributed by atoms with Crippen LogP contribution >= 0.6 is 0 Å². The van der Waals surface area contributed by atoms with Crippen LogP contribution < -0.4 is 4.74 Å². The van der Waals surface area contributed by atoms with Crippen LogP contribution in [0, 0.1) is 17.8 Å². The van der Waals surface area contributed by atoms with Crippen molar-refractivity contribution in [3.8, 4) is 17.6 Å². The number of ether oxygens (including phenoxy) is 1. The first kappa shape index (κ1) is 26.1. The topological polar surface area (TPSA) is 103 Å². The molecule has 9 heteroatoms. The minimum Gasteiger partial charge on any atom is -0.487 e. The maximum Gasteiger partial charge on any atom is 0.247 e. The Kier molecular flexibility index (Phi) is 8.68. The standard InChI is InChI=1S/C25H33N3O5S/c1-18-14-28(19(2)17-29)34(31,32)25-11-10-21(9-8-20(3)30)13-23(25)33-24(18)16-27(4)15-22-7-5-6-12-26-22/h5-7,10-13,18-20,24,29-30H,14-17H2,1-4H3/t18-,19+,20+,24-/m1/s1. The normalized spacial score (nSPS) is 21.9. The summed E-state index contributed by atoms with van der Waals surface area (Å²) in [5.41, 5.74) is 1.48. The molecule has 1 aliphatic heterocycles. The number of likely N-dealkylation sites (N-methyl/N-ethyl adjacent to an activating group) is 1. The van der Waals surface area contributed by atoms with Gasteiger partial charge in [0.15, 0.2) is 0 Å². The lowest BCUT2D eigenvalue weighted by Crippen LogP contribution is -2.49. The Morgan fingerprint density at radius 1 is 1.29 bits per heavy atom. The molecule has 0 unspecified atom stereocenters. The molecule has 0 saturated heterocycles. The van der Waals surface area contributed by atoms with E-state index in [-0.39, 0.29) is 35.8 Å². The highest BCUT2D eigenvalue weighted by molar-refractivity contribution is 7.89. The Morgan fingerprint density at radius 3 is 2.71 bits per heavy atom. The second-order valence-electron chi connectivity index (χ2n) is 8.86. The SMILES string of the molecule is C[C@H](O)C#Cc1ccc2c(c1)O[C@H](CN(C)Cc1ccccn1)[C@H](C)CN([C@@H](C)CO)S2(=O)=O. The van der Waals surface area contributed by atoms with Crippen LogP contribution in [0.2, 0.25) is 0 Å². The highest BCUT2D eigenvalue weighted by Gasteiger charge is 2.38. The van der Waals surface area contributed by atoms with Gasteiger partial charge in [0.1, 0.15) is 22.9 Å². The predicted octanol–water partition coefficient (Wildman–Crippen LogP) is 1.71. The quantitative estimate of drug-likeness (QED) is 0.598. The Morgan fingerprint density at radius 2 is 2.06 bits per heavy atom. The lowest BCUT2D eigenvalue weighted by Gasteiger charge is -2.37. The van der Waals surface area contributed by atoms with Gasteiger partial charge in [-0.2, -0.15) is 4.31 Å². The van der Waals surface area contributed by atoms with Crippen LogP contribution in [0.15, 0.2) is 47.5 Å². The summed E-state index contributed by atoms with van der Waals surface area (Å²) in [5.74, 6) is 5.59. The van der Waals surface area contributed by atoms with Crippen molar-refractivity contribution in [2.45, 2.75) is 50.5 Å². The molecular formula is C25H33N3O5S. The van der Waals surface area contributed by atoms with Crippen LogP contribution in [-0.2, 0) is 16.6 Å². The molecule has 0 spiro atoms. The van der Waals surface area contributed by atoms with E-state index in [4.69, 9.17) is 4.74 Å². The zero-order valence-electron chi connectivity index (χ0n) is 20.0. The summed E-state index contributed by atoms with van der Waals surface area (Å²) in [7, 11) is -1.94. The molecule has 2 N–H and O–H groups in total. The lowest BCUT2D eigenvalue weighted by molar-refractivity contribution is 0.0730. The third-order valence-electron chi connectivity index (χ3n) is 5.74. The van der Waals surface area contributed by atoms with Gasteiger partial charge in [0.2, 0.25) is 10.0 Å². The minimum atomic E-state index is -3.91. The van der Waals surface area contributed by atoms with Crippen LogP contribution in [0.5, 0.6) is 5.75 Å². The summed E-state index contributed by atoms with van der Waals surface area (Å²) in [6.45, 7) is 6.30. The largest absolute Gasteiger partial charge is 0.487 e. The zero-order valence-corrected chi connectivity index (χ0v) is 20.9. The minimum absolute atomic E-state index is 0.0414. The first-order valence-electron chi connectivity index (χ1n) is 11.3. The van der Waals surface area contributed by atoms with Crippen molar-refractivity contribution in [3.63, 3.8) is 0 Å². The van der Waals surface area contributed by atoms with E-state index in [1.54, 1.807) is 32.2 Å². The number of pyridine rings is 1. The number of nitrogens with zero attached hydrogens (tertiary/aromatic N) is 3. The molecule has 8 nitrogen and oxygen atoms in total. The Balaban J connectivity index is 1.99. The monoisotopic (exact) mass is 487 g/mol. The van der Waals surface area contributed by atoms with Gasteiger partial charge in [-0.1, -0.05) is 24.8 Å². The smallest absolute Gasteiger partial charge is 0.247 e. The van der Waals surface area contributed by atoms with Gasteiger partial charge in [0, 0.05) is 43.4 Å². The number of hydrogen-bond acceptors (Lipinski definition) is 7. The highest BCUT2D eigenvalue weighted by atomic mass is 32.2. The van der Waals surface area contributed by atoms with Crippen molar-refractivity contribution in [3.05, 3.63) is 53.9 Å². The van der Waals surface area contributed by atoms with E-state index < -0.39 is 22.2 Å². The Labute approximate surface area is 202 Å². The van der Waals surface area contributed by atoms with Crippen LogP contribution in [0.1, 0.15) is 32.0 Å². The van der Waals surface area contributed by atoms with Crippen molar-refractivity contribution in [1.29, 1.82) is 0 Å². The molecule has 2 aromatic rings. The summed E-state index contributed by atoms with van der Waals surface area (Å²) in [4.78, 5) is 6.51. The molecule has 1 aromatic heterocycles. The molecule has 0 amide bonds. The van der Waals surface area contributed by atoms with Crippen LogP contribution in [-0.4, -0.2) is 77.8 Å². The predicted molar refractivity (Wildman–Crippen MR) is 130 cm³/mol. The van der Waals surface area contributed by atoms with Crippen molar-refractivity contribution >= 4 is 10.0 Å². The van der Waals surface area contributed by atoms with Crippen LogP contribution in [0.3, 0.4) is 0 Å². The summed E-state index contributed by atoms with van der Waals surface area (Å²) >= 11 is 0. The number of aliphatic hydroxyl groups excluding tert-OH is 2.